The molecule has 4 nitrogen and oxygen atoms in total. The van der Waals surface area contributed by atoms with Crippen LogP contribution in [0.2, 0.25) is 0 Å². The first-order valence-corrected chi connectivity index (χ1v) is 13.6. The van der Waals surface area contributed by atoms with Crippen LogP contribution in [0.5, 0.6) is 0 Å². The number of benzene rings is 3. The van der Waals surface area contributed by atoms with Crippen LogP contribution >= 0.6 is 0 Å². The van der Waals surface area contributed by atoms with Gasteiger partial charge < -0.3 is 0 Å². The molecule has 4 heterocycles. The minimum Gasteiger partial charge on any atom is -0.192 e. The van der Waals surface area contributed by atoms with Gasteiger partial charge in [0.15, 0.2) is 12.4 Å². The molecule has 0 spiro atoms. The van der Waals surface area contributed by atoms with Crippen LogP contribution in [0.4, 0.5) is 0 Å². The molecule has 2 unspecified atom stereocenters. The molecule has 3 aromatic heterocycles. The largest absolute Gasteiger partial charge is 0.261 e. The molecule has 0 amide bonds. The highest BCUT2D eigenvalue weighted by Crippen LogP contribution is 2.50. The number of hydrogen-bond donors (Lipinski definition) is 0. The highest BCUT2D eigenvalue weighted by Gasteiger charge is 2.53. The number of aryl methyl sites for hydroxylation is 1. The molecule has 4 heteroatoms. The van der Waals surface area contributed by atoms with Crippen LogP contribution in [-0.2, 0) is 6.42 Å². The van der Waals surface area contributed by atoms with Crippen LogP contribution in [0.1, 0.15) is 45.5 Å². The Bertz CT molecular complexity index is 2130. The lowest BCUT2D eigenvalue weighted by atomic mass is 9.81. The van der Waals surface area contributed by atoms with Gasteiger partial charge in [0.05, 0.1) is 34.1 Å². The highest BCUT2D eigenvalue weighted by molar-refractivity contribution is 5.97. The molecule has 8 rings (SSSR count). The van der Waals surface area contributed by atoms with E-state index in [2.05, 4.69) is 113 Å². The van der Waals surface area contributed by atoms with Gasteiger partial charge >= 0.3 is 0 Å². The molecule has 3 aromatic carbocycles. The Hall–Kier alpha value is -5.32. The molecule has 0 bridgehead atoms. The van der Waals surface area contributed by atoms with E-state index in [1.54, 1.807) is 6.07 Å². The third-order valence-corrected chi connectivity index (χ3v) is 8.74. The first-order chi connectivity index (χ1) is 19.7. The summed E-state index contributed by atoms with van der Waals surface area (Å²) in [4.78, 5) is 0. The average Bonchev–Trinajstić information content (AvgIpc) is 3.42. The standard InChI is InChI=1S/C36H24N4/c1-22-11-13-33-34-26(19-38)15-23(18-37)16-29(34)31-17-30-27-9-5-6-10-28(27)32-14-12-25(24-7-3-2-4-8-24)21-40(32)35(30)36(31)39(33)20-22/h2-16,20-21,31,36H,17H2,1H3/q+2. The molecular formula is C36H24N4+2. The lowest BCUT2D eigenvalue weighted by molar-refractivity contribution is -0.724. The third kappa shape index (κ3) is 3.05. The van der Waals surface area contributed by atoms with Crippen molar-refractivity contribution in [2.45, 2.75) is 25.3 Å². The monoisotopic (exact) mass is 512 g/mol. The van der Waals surface area contributed by atoms with Crippen LogP contribution in [0.25, 0.3) is 38.7 Å². The normalized spacial score (nSPS) is 16.5. The minimum atomic E-state index is 0.0287. The Balaban J connectivity index is 1.51. The number of nitriles is 2. The van der Waals surface area contributed by atoms with Crippen LogP contribution in [0, 0.1) is 29.6 Å². The smallest absolute Gasteiger partial charge is 0.192 e. The Morgan fingerprint density at radius 2 is 1.57 bits per heavy atom. The van der Waals surface area contributed by atoms with Crippen molar-refractivity contribution in [2.75, 3.05) is 0 Å². The van der Waals surface area contributed by atoms with Crippen molar-refractivity contribution in [2.24, 2.45) is 0 Å². The number of nitrogens with zero attached hydrogens (tertiary/aromatic N) is 4. The molecule has 2 atom stereocenters. The third-order valence-electron chi connectivity index (χ3n) is 8.74. The summed E-state index contributed by atoms with van der Waals surface area (Å²) >= 11 is 0. The van der Waals surface area contributed by atoms with E-state index in [1.807, 2.05) is 12.1 Å². The van der Waals surface area contributed by atoms with E-state index in [9.17, 15) is 10.5 Å². The lowest BCUT2D eigenvalue weighted by Gasteiger charge is -2.25. The summed E-state index contributed by atoms with van der Waals surface area (Å²) < 4.78 is 4.80. The summed E-state index contributed by atoms with van der Waals surface area (Å²) in [6.07, 6.45) is 5.36. The summed E-state index contributed by atoms with van der Waals surface area (Å²) in [5, 5.41) is 22.5. The molecule has 6 aromatic rings. The maximum Gasteiger partial charge on any atom is 0.261 e. The first kappa shape index (κ1) is 22.6. The van der Waals surface area contributed by atoms with Crippen LogP contribution in [0.3, 0.4) is 0 Å². The summed E-state index contributed by atoms with van der Waals surface area (Å²) in [7, 11) is 0. The molecule has 0 fully saturated rings. The maximum absolute atomic E-state index is 10.2. The Labute approximate surface area is 232 Å². The summed E-state index contributed by atoms with van der Waals surface area (Å²) in [6.45, 7) is 2.12. The van der Waals surface area contributed by atoms with Gasteiger partial charge in [0, 0.05) is 28.8 Å². The van der Waals surface area contributed by atoms with Gasteiger partial charge in [0.2, 0.25) is 17.3 Å². The first-order valence-electron chi connectivity index (χ1n) is 13.6. The highest BCUT2D eigenvalue weighted by atomic mass is 15.1. The molecule has 40 heavy (non-hydrogen) atoms. The van der Waals surface area contributed by atoms with E-state index < -0.39 is 0 Å². The van der Waals surface area contributed by atoms with Gasteiger partial charge in [-0.05, 0) is 60.2 Å². The second-order valence-corrected chi connectivity index (χ2v) is 10.9. The molecule has 186 valence electrons. The zero-order valence-corrected chi connectivity index (χ0v) is 22.0. The fraction of sp³-hybridized carbons (Fsp3) is 0.111. The van der Waals surface area contributed by atoms with Gasteiger partial charge in [-0.15, -0.1) is 0 Å². The lowest BCUT2D eigenvalue weighted by Crippen LogP contribution is -2.50. The van der Waals surface area contributed by atoms with Gasteiger partial charge in [-0.1, -0.05) is 48.5 Å². The molecule has 2 aliphatic rings. The molecule has 0 radical (unpaired) electrons. The number of hydrogen-bond acceptors (Lipinski definition) is 2. The van der Waals surface area contributed by atoms with Gasteiger partial charge in [-0.2, -0.15) is 19.5 Å². The molecular weight excluding hydrogens is 488 g/mol. The van der Waals surface area contributed by atoms with Crippen molar-refractivity contribution in [1.82, 2.24) is 0 Å². The zero-order valence-electron chi connectivity index (χ0n) is 22.0. The van der Waals surface area contributed by atoms with Crippen molar-refractivity contribution in [3.8, 4) is 34.5 Å². The maximum atomic E-state index is 10.2. The van der Waals surface area contributed by atoms with Crippen LogP contribution in [-0.4, -0.2) is 0 Å². The van der Waals surface area contributed by atoms with Crippen molar-refractivity contribution in [3.05, 3.63) is 137 Å². The summed E-state index contributed by atoms with van der Waals surface area (Å²) in [5.74, 6) is 0.103. The Morgan fingerprint density at radius 3 is 2.38 bits per heavy atom. The fourth-order valence-electron chi connectivity index (χ4n) is 7.10. The summed E-state index contributed by atoms with van der Waals surface area (Å²) in [5.41, 5.74) is 11.5. The van der Waals surface area contributed by atoms with Crippen molar-refractivity contribution < 1.29 is 8.97 Å². The number of aromatic nitrogens is 2. The molecule has 0 saturated heterocycles. The number of pyridine rings is 3. The van der Waals surface area contributed by atoms with Gasteiger partial charge in [-0.3, -0.25) is 0 Å². The Kier molecular flexibility index (Phi) is 4.72. The van der Waals surface area contributed by atoms with Crippen molar-refractivity contribution in [3.63, 3.8) is 0 Å². The fourth-order valence-corrected chi connectivity index (χ4v) is 7.10. The topological polar surface area (TPSA) is 55.6 Å². The summed E-state index contributed by atoms with van der Waals surface area (Å²) in [6, 6.07) is 36.4. The SMILES string of the molecule is Cc1ccc2[n+](c1)C1c3c(c4ccccc4c4ccc(-c5ccccc5)c[n+]34)CC1c1cc(C#N)cc(C#N)c1-2. The van der Waals surface area contributed by atoms with E-state index in [0.717, 1.165) is 23.2 Å². The number of rotatable bonds is 1. The van der Waals surface area contributed by atoms with E-state index in [0.29, 0.717) is 11.1 Å². The van der Waals surface area contributed by atoms with Crippen molar-refractivity contribution >= 4 is 16.3 Å². The van der Waals surface area contributed by atoms with E-state index >= 15 is 0 Å². The van der Waals surface area contributed by atoms with Gasteiger partial charge in [0.25, 0.3) is 5.69 Å². The molecule has 0 N–H and O–H groups in total. The molecule has 1 aliphatic heterocycles. The van der Waals surface area contributed by atoms with Crippen LogP contribution in [0.15, 0.2) is 103 Å². The predicted molar refractivity (Wildman–Crippen MR) is 153 cm³/mol. The van der Waals surface area contributed by atoms with Crippen molar-refractivity contribution in [1.29, 1.82) is 10.5 Å². The second kappa shape index (κ2) is 8.34. The second-order valence-electron chi connectivity index (χ2n) is 10.9. The Morgan fingerprint density at radius 1 is 0.775 bits per heavy atom. The minimum absolute atomic E-state index is 0.0287. The van der Waals surface area contributed by atoms with Gasteiger partial charge in [-0.25, -0.2) is 0 Å². The quantitative estimate of drug-likeness (QED) is 0.187. The predicted octanol–water partition coefficient (Wildman–Crippen LogP) is 6.49. The van der Waals surface area contributed by atoms with Gasteiger partial charge in [0.1, 0.15) is 6.07 Å². The van der Waals surface area contributed by atoms with E-state index in [-0.39, 0.29) is 12.0 Å². The zero-order chi connectivity index (χ0) is 27.0. The number of fused-ring (bicyclic) bond motifs is 13. The van der Waals surface area contributed by atoms with E-state index in [1.165, 1.54) is 44.2 Å². The molecule has 1 aliphatic carbocycles. The average molecular weight is 513 g/mol. The van der Waals surface area contributed by atoms with Crippen LogP contribution < -0.4 is 8.97 Å². The van der Waals surface area contributed by atoms with E-state index in [4.69, 9.17) is 0 Å². The molecule has 0 saturated carbocycles.